The Kier molecular flexibility index (Phi) is 2.46. The molecule has 2 rings (SSSR count). The van der Waals surface area contributed by atoms with Gasteiger partial charge in [0.05, 0.1) is 0 Å². The summed E-state index contributed by atoms with van der Waals surface area (Å²) in [5.74, 6) is -0.0804. The average molecular weight is 316 g/mol. The Bertz CT molecular complexity index is 563. The molecule has 15 heavy (non-hydrogen) atoms. The predicted molar refractivity (Wildman–Crippen MR) is 53.9 cm³/mol. The van der Waals surface area contributed by atoms with Crippen molar-refractivity contribution in [3.63, 3.8) is 0 Å². The quantitative estimate of drug-likeness (QED) is 0.617. The van der Waals surface area contributed by atoms with Gasteiger partial charge in [0.25, 0.3) is 0 Å². The molecule has 1 aromatic heterocycles. The van der Waals surface area contributed by atoms with Gasteiger partial charge in [0.1, 0.15) is 0 Å². The second-order valence-corrected chi connectivity index (χ2v) is 7.53. The molecule has 3 N–H and O–H groups in total. The van der Waals surface area contributed by atoms with E-state index in [-0.39, 0.29) is 14.8 Å². The van der Waals surface area contributed by atoms with Gasteiger partial charge < -0.3 is 0 Å². The van der Waals surface area contributed by atoms with Crippen molar-refractivity contribution in [3.8, 4) is 5.75 Å². The van der Waals surface area contributed by atoms with Crippen LogP contribution in [0.4, 0.5) is 0 Å². The molecule has 0 spiro atoms. The van der Waals surface area contributed by atoms with Gasteiger partial charge >= 0.3 is 90.1 Å². The first kappa shape index (κ1) is 10.5. The fourth-order valence-corrected chi connectivity index (χ4v) is 3.57. The first-order chi connectivity index (χ1) is 7.00. The van der Waals surface area contributed by atoms with Crippen molar-refractivity contribution < 1.29 is 14.9 Å². The summed E-state index contributed by atoms with van der Waals surface area (Å²) in [4.78, 5) is 3.88. The van der Waals surface area contributed by atoms with Crippen molar-refractivity contribution in [2.45, 2.75) is 0 Å². The Morgan fingerprint density at radius 3 is 2.60 bits per heavy atom. The maximum absolute atomic E-state index is 11.2. The summed E-state index contributed by atoms with van der Waals surface area (Å²) in [5, 5.41) is 9.76. The average Bonchev–Trinajstić information content (AvgIpc) is 2.17. The summed E-state index contributed by atoms with van der Waals surface area (Å²) in [6.45, 7) is 0. The molecular formula is C9H8NO4Sb. The molecular weight excluding hydrogens is 308 g/mol. The Morgan fingerprint density at radius 1 is 1.20 bits per heavy atom. The summed E-state index contributed by atoms with van der Waals surface area (Å²) < 4.78 is 29.5. The number of hydrogen-bond acceptors (Lipinski definition) is 3. The number of pyridine rings is 1. The van der Waals surface area contributed by atoms with Crippen molar-refractivity contribution in [3.05, 3.63) is 30.5 Å². The fraction of sp³-hybridized carbons (Fsp3) is 0. The number of phenolic OH excluding ortho intramolecular Hbond substituents is 1. The molecule has 0 bridgehead atoms. The van der Waals surface area contributed by atoms with E-state index in [1.165, 1.54) is 24.4 Å². The van der Waals surface area contributed by atoms with Gasteiger partial charge in [-0.25, -0.2) is 0 Å². The standard InChI is InChI=1S/C9H6NO.2H2O.O.Sb/c11-8-5-1-3-7-4-2-6-10-9(7)8;;;;/h1-2,4-6,11H;2*1H2;;/q;;;;+2/p-2. The number of rotatable bonds is 1. The molecule has 0 aliphatic heterocycles. The van der Waals surface area contributed by atoms with Gasteiger partial charge in [0, 0.05) is 0 Å². The van der Waals surface area contributed by atoms with Crippen LogP contribution in [0.1, 0.15) is 0 Å². The van der Waals surface area contributed by atoms with E-state index in [0.29, 0.717) is 5.39 Å². The third-order valence-electron chi connectivity index (χ3n) is 2.04. The van der Waals surface area contributed by atoms with Crippen LogP contribution in [0.3, 0.4) is 0 Å². The van der Waals surface area contributed by atoms with E-state index in [4.69, 9.17) is 6.77 Å². The minimum absolute atomic E-state index is 0.0330. The summed E-state index contributed by atoms with van der Waals surface area (Å²) >= 11 is -5.25. The normalized spacial score (nSPS) is 11.9. The fourth-order valence-electron chi connectivity index (χ4n) is 1.40. The first-order valence-electron chi connectivity index (χ1n) is 4.13. The number of aromatic nitrogens is 1. The number of aromatic hydroxyl groups is 1. The van der Waals surface area contributed by atoms with Gasteiger partial charge in [-0.2, -0.15) is 0 Å². The van der Waals surface area contributed by atoms with E-state index in [1.54, 1.807) is 6.07 Å². The zero-order valence-corrected chi connectivity index (χ0v) is 10.1. The zero-order valence-electron chi connectivity index (χ0n) is 7.53. The number of hydrogen-bond donors (Lipinski definition) is 3. The molecule has 0 aliphatic rings. The van der Waals surface area contributed by atoms with Gasteiger partial charge in [-0.1, -0.05) is 0 Å². The molecule has 78 valence electrons. The maximum atomic E-state index is 11.2. The monoisotopic (exact) mass is 315 g/mol. The molecule has 0 saturated carbocycles. The summed E-state index contributed by atoms with van der Waals surface area (Å²) in [6.07, 6.45) is 1.46. The molecule has 0 unspecified atom stereocenters. The number of fused-ring (bicyclic) bond motifs is 1. The molecule has 0 aliphatic carbocycles. The van der Waals surface area contributed by atoms with Crippen molar-refractivity contribution in [2.75, 3.05) is 0 Å². The summed E-state index contributed by atoms with van der Waals surface area (Å²) in [7, 11) is 0. The molecule has 1 heterocycles. The van der Waals surface area contributed by atoms with Crippen molar-refractivity contribution in [1.82, 2.24) is 4.98 Å². The van der Waals surface area contributed by atoms with Crippen molar-refractivity contribution in [1.29, 1.82) is 0 Å². The van der Waals surface area contributed by atoms with Crippen LogP contribution in [-0.2, 0) is 3.02 Å². The van der Waals surface area contributed by atoms with Crippen LogP contribution in [0.5, 0.6) is 5.75 Å². The number of phenols is 1. The van der Waals surface area contributed by atoms with E-state index in [2.05, 4.69) is 4.98 Å². The van der Waals surface area contributed by atoms with E-state index >= 15 is 0 Å². The van der Waals surface area contributed by atoms with Crippen LogP contribution in [0.15, 0.2) is 30.5 Å². The van der Waals surface area contributed by atoms with Crippen LogP contribution >= 0.6 is 0 Å². The van der Waals surface area contributed by atoms with Crippen LogP contribution < -0.4 is 3.51 Å². The molecule has 0 saturated heterocycles. The molecule has 0 atom stereocenters. The Hall–Kier alpha value is -1.03. The zero-order chi connectivity index (χ0) is 11.1. The molecule has 0 amide bonds. The second kappa shape index (κ2) is 3.52. The van der Waals surface area contributed by atoms with E-state index in [1.807, 2.05) is 0 Å². The third-order valence-corrected chi connectivity index (χ3v) is 4.94. The van der Waals surface area contributed by atoms with Gasteiger partial charge in [0.2, 0.25) is 0 Å². The Morgan fingerprint density at radius 2 is 1.93 bits per heavy atom. The predicted octanol–water partition coefficient (Wildman–Crippen LogP) is -0.499. The SMILES string of the molecule is [O]=[Sb]([OH])([OH])[c]1ccc(O)c2ncccc12. The first-order valence-corrected chi connectivity index (χ1v) is 8.73. The van der Waals surface area contributed by atoms with Crippen molar-refractivity contribution in [2.24, 2.45) is 0 Å². The Balaban J connectivity index is 2.90. The molecule has 2 aromatic rings. The van der Waals surface area contributed by atoms with Crippen LogP contribution in [0.2, 0.25) is 0 Å². The van der Waals surface area contributed by atoms with E-state index in [9.17, 15) is 8.12 Å². The minimum atomic E-state index is -5.25. The van der Waals surface area contributed by atoms with Gasteiger partial charge in [-0.3, -0.25) is 0 Å². The number of benzene rings is 1. The summed E-state index contributed by atoms with van der Waals surface area (Å²) in [6, 6.07) is 5.60. The van der Waals surface area contributed by atoms with Crippen LogP contribution in [-0.4, -0.2) is 36.5 Å². The van der Waals surface area contributed by atoms with Gasteiger partial charge in [-0.05, 0) is 0 Å². The Labute approximate surface area is 90.1 Å². The molecule has 0 fully saturated rings. The van der Waals surface area contributed by atoms with Crippen molar-refractivity contribution >= 4 is 34.0 Å². The summed E-state index contributed by atoms with van der Waals surface area (Å²) in [5.41, 5.74) is 0.215. The molecule has 6 heteroatoms. The van der Waals surface area contributed by atoms with Crippen LogP contribution in [0, 0.1) is 0 Å². The van der Waals surface area contributed by atoms with Crippen LogP contribution in [0.25, 0.3) is 10.9 Å². The second-order valence-electron chi connectivity index (χ2n) is 3.05. The number of nitrogens with zero attached hydrogens (tertiary/aromatic N) is 1. The van der Waals surface area contributed by atoms with Gasteiger partial charge in [0.15, 0.2) is 0 Å². The van der Waals surface area contributed by atoms with E-state index < -0.39 is 19.6 Å². The topological polar surface area (TPSA) is 90.7 Å². The third kappa shape index (κ3) is 1.86. The molecule has 1 aromatic carbocycles. The molecule has 0 radical (unpaired) electrons. The van der Waals surface area contributed by atoms with E-state index in [0.717, 1.165) is 0 Å². The molecule has 5 nitrogen and oxygen atoms in total. The van der Waals surface area contributed by atoms with Gasteiger partial charge in [-0.15, -0.1) is 0 Å².